The van der Waals surface area contributed by atoms with Gasteiger partial charge in [-0.15, -0.1) is 0 Å². The Kier molecular flexibility index (Phi) is 4.76. The molecule has 0 amide bonds. The first-order valence-corrected chi connectivity index (χ1v) is 7.70. The van der Waals surface area contributed by atoms with Crippen LogP contribution in [-0.2, 0) is 0 Å². The summed E-state index contributed by atoms with van der Waals surface area (Å²) < 4.78 is 27.3. The van der Waals surface area contributed by atoms with Crippen LogP contribution in [-0.4, -0.2) is 17.2 Å². The zero-order valence-electron chi connectivity index (χ0n) is 13.5. The third kappa shape index (κ3) is 3.36. The average molecular weight is 333 g/mol. The number of allylic oxidation sites excluding steroid dienone is 4. The molecule has 0 N–H and O–H groups in total. The van der Waals surface area contributed by atoms with Gasteiger partial charge in [0.15, 0.2) is 0 Å². The first-order valence-electron chi connectivity index (χ1n) is 7.70. The van der Waals surface area contributed by atoms with Crippen LogP contribution in [0.1, 0.15) is 16.8 Å². The fraction of sp³-hybridized carbons (Fsp3) is 0.0526. The average Bonchev–Trinajstić information content (AvgIpc) is 2.64. The largest absolute Gasteiger partial charge is 0.677 e. The summed E-state index contributed by atoms with van der Waals surface area (Å²) in [7, 11) is -2.77. The highest BCUT2D eigenvalue weighted by Gasteiger charge is 2.30. The Morgan fingerprint density at radius 1 is 1.12 bits per heavy atom. The number of rotatable bonds is 3. The highest BCUT2D eigenvalue weighted by molar-refractivity contribution is 6.41. The predicted octanol–water partition coefficient (Wildman–Crippen LogP) is 4.46. The van der Waals surface area contributed by atoms with E-state index in [0.29, 0.717) is 11.3 Å². The lowest BCUT2D eigenvalue weighted by atomic mass is 9.95. The SMILES string of the molecule is Cc1ccccc1C1=CN(B(F)F)/C(=C(\C#N)c2ccccn2)C=C1. The van der Waals surface area contributed by atoms with Gasteiger partial charge in [-0.05, 0) is 41.8 Å². The number of aromatic nitrogens is 1. The number of halogens is 2. The maximum Gasteiger partial charge on any atom is 0.677 e. The van der Waals surface area contributed by atoms with Crippen molar-refractivity contribution in [2.45, 2.75) is 6.92 Å². The van der Waals surface area contributed by atoms with Gasteiger partial charge in [-0.25, -0.2) is 0 Å². The lowest BCUT2D eigenvalue weighted by molar-refractivity contribution is 0.524. The molecule has 0 unspecified atom stereocenters. The minimum Gasteiger partial charge on any atom is -0.330 e. The van der Waals surface area contributed by atoms with Crippen molar-refractivity contribution in [1.82, 2.24) is 9.79 Å². The van der Waals surface area contributed by atoms with E-state index in [1.54, 1.807) is 30.4 Å². The quantitative estimate of drug-likeness (QED) is 0.615. The van der Waals surface area contributed by atoms with E-state index < -0.39 is 7.40 Å². The molecule has 25 heavy (non-hydrogen) atoms. The molecule has 1 aliphatic rings. The molecule has 0 spiro atoms. The Morgan fingerprint density at radius 2 is 1.88 bits per heavy atom. The van der Waals surface area contributed by atoms with Crippen LogP contribution in [0.15, 0.2) is 72.7 Å². The topological polar surface area (TPSA) is 39.9 Å². The predicted molar refractivity (Wildman–Crippen MR) is 94.9 cm³/mol. The normalized spacial score (nSPS) is 15.4. The molecule has 2 aromatic rings. The van der Waals surface area contributed by atoms with Gasteiger partial charge in [-0.2, -0.15) is 5.26 Å². The summed E-state index contributed by atoms with van der Waals surface area (Å²) in [5.41, 5.74) is 3.14. The van der Waals surface area contributed by atoms with E-state index in [4.69, 9.17) is 0 Å². The molecule has 122 valence electrons. The van der Waals surface area contributed by atoms with Crippen LogP contribution in [0.25, 0.3) is 11.1 Å². The molecular formula is C19H14BF2N3. The van der Waals surface area contributed by atoms with Gasteiger partial charge in [0.2, 0.25) is 0 Å². The molecule has 3 nitrogen and oxygen atoms in total. The molecule has 0 saturated heterocycles. The highest BCUT2D eigenvalue weighted by atomic mass is 19.2. The van der Waals surface area contributed by atoms with E-state index in [1.165, 1.54) is 12.4 Å². The first kappa shape index (κ1) is 16.7. The Balaban J connectivity index is 2.10. The Morgan fingerprint density at radius 3 is 2.52 bits per heavy atom. The van der Waals surface area contributed by atoms with Gasteiger partial charge in [0.1, 0.15) is 11.6 Å². The Labute approximate surface area is 145 Å². The van der Waals surface area contributed by atoms with E-state index in [0.717, 1.165) is 15.9 Å². The van der Waals surface area contributed by atoms with Crippen molar-refractivity contribution in [2.75, 3.05) is 0 Å². The lowest BCUT2D eigenvalue weighted by Crippen LogP contribution is -2.29. The third-order valence-electron chi connectivity index (χ3n) is 3.93. The fourth-order valence-electron chi connectivity index (χ4n) is 2.70. The second kappa shape index (κ2) is 7.14. The van der Waals surface area contributed by atoms with Gasteiger partial charge < -0.3 is 4.81 Å². The number of pyridine rings is 1. The summed E-state index contributed by atoms with van der Waals surface area (Å²) in [5, 5.41) is 9.48. The van der Waals surface area contributed by atoms with Crippen molar-refractivity contribution in [3.05, 3.63) is 89.5 Å². The van der Waals surface area contributed by atoms with E-state index in [1.807, 2.05) is 37.3 Å². The van der Waals surface area contributed by atoms with Crippen LogP contribution >= 0.6 is 0 Å². The first-order chi connectivity index (χ1) is 12.1. The molecule has 0 fully saturated rings. The van der Waals surface area contributed by atoms with Crippen molar-refractivity contribution in [2.24, 2.45) is 0 Å². The molecule has 0 radical (unpaired) electrons. The summed E-state index contributed by atoms with van der Waals surface area (Å²) >= 11 is 0. The summed E-state index contributed by atoms with van der Waals surface area (Å²) in [5.74, 6) is 0. The van der Waals surface area contributed by atoms with Crippen LogP contribution in [0, 0.1) is 18.3 Å². The minimum atomic E-state index is -2.77. The van der Waals surface area contributed by atoms with Crippen LogP contribution in [0.3, 0.4) is 0 Å². The molecule has 0 saturated carbocycles. The third-order valence-corrected chi connectivity index (χ3v) is 3.93. The summed E-state index contributed by atoms with van der Waals surface area (Å²) in [6.07, 6.45) is 6.20. The zero-order chi connectivity index (χ0) is 17.8. The van der Waals surface area contributed by atoms with E-state index in [9.17, 15) is 13.9 Å². The smallest absolute Gasteiger partial charge is 0.330 e. The number of nitrogens with zero attached hydrogens (tertiary/aromatic N) is 3. The van der Waals surface area contributed by atoms with Crippen LogP contribution in [0.5, 0.6) is 0 Å². The second-order valence-electron chi connectivity index (χ2n) is 5.50. The molecule has 3 rings (SSSR count). The van der Waals surface area contributed by atoms with Crippen molar-refractivity contribution in [1.29, 1.82) is 5.26 Å². The maximum absolute atomic E-state index is 13.7. The Hall–Kier alpha value is -3.20. The lowest BCUT2D eigenvalue weighted by Gasteiger charge is -2.25. The van der Waals surface area contributed by atoms with Crippen molar-refractivity contribution < 1.29 is 8.63 Å². The van der Waals surface area contributed by atoms with E-state index in [-0.39, 0.29) is 11.3 Å². The van der Waals surface area contributed by atoms with Crippen molar-refractivity contribution in [3.8, 4) is 6.07 Å². The second-order valence-corrected chi connectivity index (χ2v) is 5.50. The van der Waals surface area contributed by atoms with Gasteiger partial charge in [-0.3, -0.25) is 13.6 Å². The van der Waals surface area contributed by atoms with Gasteiger partial charge in [0, 0.05) is 12.4 Å². The van der Waals surface area contributed by atoms with Gasteiger partial charge in [0.25, 0.3) is 0 Å². The number of nitriles is 1. The molecule has 1 aromatic carbocycles. The number of hydrogen-bond donors (Lipinski definition) is 0. The van der Waals surface area contributed by atoms with E-state index >= 15 is 0 Å². The number of hydrogen-bond acceptors (Lipinski definition) is 3. The van der Waals surface area contributed by atoms with E-state index in [2.05, 4.69) is 4.98 Å². The molecule has 6 heteroatoms. The molecule has 2 heterocycles. The number of aryl methyl sites for hydroxylation is 1. The molecular weight excluding hydrogens is 319 g/mol. The summed E-state index contributed by atoms with van der Waals surface area (Å²) in [4.78, 5) is 4.92. The Bertz CT molecular complexity index is 912. The van der Waals surface area contributed by atoms with Crippen molar-refractivity contribution in [3.63, 3.8) is 0 Å². The summed E-state index contributed by atoms with van der Waals surface area (Å²) in [6, 6.07) is 14.6. The highest BCUT2D eigenvalue weighted by Crippen LogP contribution is 2.31. The molecule has 0 aliphatic carbocycles. The fourth-order valence-corrected chi connectivity index (χ4v) is 2.70. The van der Waals surface area contributed by atoms with Crippen LogP contribution < -0.4 is 0 Å². The summed E-state index contributed by atoms with van der Waals surface area (Å²) in [6.45, 7) is 1.93. The van der Waals surface area contributed by atoms with Crippen molar-refractivity contribution >= 4 is 18.5 Å². The molecule has 1 aromatic heterocycles. The molecule has 0 atom stereocenters. The van der Waals surface area contributed by atoms with Gasteiger partial charge >= 0.3 is 7.40 Å². The van der Waals surface area contributed by atoms with Gasteiger partial charge in [-0.1, -0.05) is 36.4 Å². The van der Waals surface area contributed by atoms with Crippen LogP contribution in [0.4, 0.5) is 8.63 Å². The monoisotopic (exact) mass is 333 g/mol. The zero-order valence-corrected chi connectivity index (χ0v) is 13.5. The molecule has 1 aliphatic heterocycles. The van der Waals surface area contributed by atoms with Gasteiger partial charge in [0.05, 0.1) is 11.4 Å². The minimum absolute atomic E-state index is 0.109. The molecule has 0 bridgehead atoms. The standard InChI is InChI=1S/C19H14BF2N3/c1-14-6-2-3-7-16(14)15-9-10-19(25(13-15)20(21)22)17(12-23)18-8-4-5-11-24-18/h2-11,13H,1H3/b19-17+. The number of benzene rings is 1. The maximum atomic E-state index is 13.7. The van der Waals surface area contributed by atoms with Crippen LogP contribution in [0.2, 0.25) is 0 Å².